The fourth-order valence-electron chi connectivity index (χ4n) is 2.77. The summed E-state index contributed by atoms with van der Waals surface area (Å²) in [6.45, 7) is 1.77. The van der Waals surface area contributed by atoms with E-state index in [0.717, 1.165) is 0 Å². The predicted molar refractivity (Wildman–Crippen MR) is 126 cm³/mol. The van der Waals surface area contributed by atoms with E-state index in [-0.39, 0.29) is 11.5 Å². The van der Waals surface area contributed by atoms with Gasteiger partial charge in [-0.3, -0.25) is 19.6 Å². The summed E-state index contributed by atoms with van der Waals surface area (Å²) >= 11 is 0. The van der Waals surface area contributed by atoms with Crippen molar-refractivity contribution in [1.29, 1.82) is 0 Å². The van der Waals surface area contributed by atoms with Crippen molar-refractivity contribution in [2.24, 2.45) is 5.73 Å². The van der Waals surface area contributed by atoms with Crippen molar-refractivity contribution in [3.63, 3.8) is 0 Å². The van der Waals surface area contributed by atoms with Crippen LogP contribution in [-0.4, -0.2) is 46.7 Å². The third-order valence-electron chi connectivity index (χ3n) is 4.54. The van der Waals surface area contributed by atoms with Gasteiger partial charge in [-0.1, -0.05) is 17.9 Å². The summed E-state index contributed by atoms with van der Waals surface area (Å²) in [6, 6.07) is 12.1. The normalized spacial score (nSPS) is 11.5. The molecule has 0 radical (unpaired) electrons. The molecule has 2 rings (SSSR count). The highest BCUT2D eigenvalue weighted by Gasteiger charge is 2.25. The summed E-state index contributed by atoms with van der Waals surface area (Å²) in [5.74, 6) is 9.62. The molecule has 9 heteroatoms. The van der Waals surface area contributed by atoms with Crippen LogP contribution in [0.5, 0.6) is 0 Å². The molecule has 7 N–H and O–H groups in total. The molecule has 34 heavy (non-hydrogen) atoms. The van der Waals surface area contributed by atoms with Crippen molar-refractivity contribution in [3.8, 4) is 23.7 Å². The van der Waals surface area contributed by atoms with E-state index in [1.54, 1.807) is 36.4 Å². The summed E-state index contributed by atoms with van der Waals surface area (Å²) in [5, 5.41) is 23.5. The molecule has 0 aliphatic heterocycles. The minimum atomic E-state index is -1.30. The minimum absolute atomic E-state index is 0.106. The van der Waals surface area contributed by atoms with Crippen LogP contribution in [0, 0.1) is 23.7 Å². The van der Waals surface area contributed by atoms with Crippen LogP contribution in [0.1, 0.15) is 41.3 Å². The standard InChI is InChI=1S/C25H26N4O5/c1-17(30)23(25(33)29-34)28-24(32)20-13-11-18(12-14-20)6-2-3-7-19-8-4-9-21(16-19)27-22(31)10-5-15-26/h4,8-9,11-14,16-17,23,30,34H,5,10,15,26H2,1H3,(H,27,31)(H,28,32)(H,29,33)/t17-,23+/m1/s1. The molecule has 0 bridgehead atoms. The molecule has 2 aromatic rings. The molecule has 2 atom stereocenters. The van der Waals surface area contributed by atoms with E-state index in [9.17, 15) is 19.5 Å². The number of carbonyl (C=O) groups excluding carboxylic acids is 3. The molecule has 0 heterocycles. The Labute approximate surface area is 197 Å². The van der Waals surface area contributed by atoms with Crippen molar-refractivity contribution < 1.29 is 24.7 Å². The molecule has 2 aromatic carbocycles. The Morgan fingerprint density at radius 2 is 1.71 bits per heavy atom. The van der Waals surface area contributed by atoms with E-state index in [1.165, 1.54) is 24.5 Å². The van der Waals surface area contributed by atoms with Crippen molar-refractivity contribution in [2.75, 3.05) is 11.9 Å². The van der Waals surface area contributed by atoms with Gasteiger partial charge in [0, 0.05) is 28.8 Å². The third kappa shape index (κ3) is 8.41. The molecule has 0 fully saturated rings. The summed E-state index contributed by atoms with van der Waals surface area (Å²) < 4.78 is 0. The number of nitrogens with one attached hydrogen (secondary N) is 3. The number of nitrogens with two attached hydrogens (primary N) is 1. The second-order valence-corrected chi connectivity index (χ2v) is 7.27. The van der Waals surface area contributed by atoms with Crippen molar-refractivity contribution in [1.82, 2.24) is 10.8 Å². The molecular formula is C25H26N4O5. The Balaban J connectivity index is 2.00. The van der Waals surface area contributed by atoms with Crippen LogP contribution in [0.25, 0.3) is 0 Å². The van der Waals surface area contributed by atoms with E-state index < -0.39 is 24.0 Å². The summed E-state index contributed by atoms with van der Waals surface area (Å²) in [5.41, 5.74) is 9.01. The lowest BCUT2D eigenvalue weighted by atomic mass is 10.1. The Kier molecular flexibility index (Phi) is 10.3. The zero-order chi connectivity index (χ0) is 24.9. The summed E-state index contributed by atoms with van der Waals surface area (Å²) in [4.78, 5) is 35.6. The largest absolute Gasteiger partial charge is 0.391 e. The van der Waals surface area contributed by atoms with E-state index in [1.807, 2.05) is 0 Å². The maximum Gasteiger partial charge on any atom is 0.268 e. The fourth-order valence-corrected chi connectivity index (χ4v) is 2.77. The van der Waals surface area contributed by atoms with Crippen LogP contribution >= 0.6 is 0 Å². The van der Waals surface area contributed by atoms with Gasteiger partial charge < -0.3 is 21.5 Å². The number of anilines is 1. The van der Waals surface area contributed by atoms with Gasteiger partial charge in [0.1, 0.15) is 6.04 Å². The summed E-state index contributed by atoms with van der Waals surface area (Å²) in [6.07, 6.45) is -0.222. The monoisotopic (exact) mass is 462 g/mol. The molecule has 0 aliphatic rings. The smallest absolute Gasteiger partial charge is 0.268 e. The molecule has 0 aromatic heterocycles. The number of rotatable bonds is 8. The number of hydrogen-bond acceptors (Lipinski definition) is 6. The van der Waals surface area contributed by atoms with E-state index >= 15 is 0 Å². The highest BCUT2D eigenvalue weighted by Crippen LogP contribution is 2.10. The number of benzene rings is 2. The molecule has 0 saturated heterocycles. The molecule has 0 saturated carbocycles. The Morgan fingerprint density at radius 3 is 2.32 bits per heavy atom. The molecule has 3 amide bonds. The minimum Gasteiger partial charge on any atom is -0.391 e. The maximum atomic E-state index is 12.3. The van der Waals surface area contributed by atoms with Crippen LogP contribution < -0.4 is 21.8 Å². The lowest BCUT2D eigenvalue weighted by Gasteiger charge is -2.19. The number of hydroxylamine groups is 1. The molecule has 9 nitrogen and oxygen atoms in total. The SMILES string of the molecule is C[C@@H](O)[C@H](NC(=O)c1ccc(C#CC#Cc2cccc(NC(=O)CCCN)c2)cc1)C(=O)NO. The van der Waals surface area contributed by atoms with Crippen LogP contribution in [0.3, 0.4) is 0 Å². The van der Waals surface area contributed by atoms with Crippen molar-refractivity contribution >= 4 is 23.4 Å². The van der Waals surface area contributed by atoms with Gasteiger partial charge in [-0.25, -0.2) is 5.48 Å². The quantitative estimate of drug-likeness (QED) is 0.193. The fraction of sp³-hybridized carbons (Fsp3) is 0.240. The highest BCUT2D eigenvalue weighted by atomic mass is 16.5. The molecule has 176 valence electrons. The Morgan fingerprint density at radius 1 is 1.03 bits per heavy atom. The topological polar surface area (TPSA) is 154 Å². The first-order chi connectivity index (χ1) is 16.3. The van der Waals surface area contributed by atoms with Gasteiger partial charge in [-0.2, -0.15) is 0 Å². The van der Waals surface area contributed by atoms with Gasteiger partial charge in [0.05, 0.1) is 6.10 Å². The number of carbonyl (C=O) groups is 3. The van der Waals surface area contributed by atoms with Gasteiger partial charge >= 0.3 is 0 Å². The number of aliphatic hydroxyl groups is 1. The second-order valence-electron chi connectivity index (χ2n) is 7.27. The van der Waals surface area contributed by atoms with Crippen molar-refractivity contribution in [2.45, 2.75) is 31.9 Å². The average Bonchev–Trinajstić information content (AvgIpc) is 2.83. The van der Waals surface area contributed by atoms with Gasteiger partial charge in [0.2, 0.25) is 5.91 Å². The van der Waals surface area contributed by atoms with Crippen LogP contribution in [-0.2, 0) is 9.59 Å². The maximum absolute atomic E-state index is 12.3. The van der Waals surface area contributed by atoms with Crippen LogP contribution in [0.15, 0.2) is 48.5 Å². The van der Waals surface area contributed by atoms with Crippen LogP contribution in [0.2, 0.25) is 0 Å². The predicted octanol–water partition coefficient (Wildman–Crippen LogP) is 0.752. The number of hydrogen-bond donors (Lipinski definition) is 6. The highest BCUT2D eigenvalue weighted by molar-refractivity contribution is 5.97. The van der Waals surface area contributed by atoms with Gasteiger partial charge in [0.15, 0.2) is 0 Å². The zero-order valence-electron chi connectivity index (χ0n) is 18.6. The van der Waals surface area contributed by atoms with Crippen molar-refractivity contribution in [3.05, 3.63) is 65.2 Å². The Bertz CT molecular complexity index is 1140. The van der Waals surface area contributed by atoms with E-state index in [0.29, 0.717) is 36.2 Å². The first-order valence-corrected chi connectivity index (χ1v) is 10.5. The first-order valence-electron chi connectivity index (χ1n) is 10.5. The van der Waals surface area contributed by atoms with Gasteiger partial charge in [-0.15, -0.1) is 0 Å². The van der Waals surface area contributed by atoms with E-state index in [2.05, 4.69) is 34.3 Å². The molecular weight excluding hydrogens is 436 g/mol. The average molecular weight is 463 g/mol. The molecule has 0 spiro atoms. The number of aliphatic hydroxyl groups excluding tert-OH is 1. The molecule has 0 aliphatic carbocycles. The second kappa shape index (κ2) is 13.4. The first kappa shape index (κ1) is 26.1. The third-order valence-corrected chi connectivity index (χ3v) is 4.54. The van der Waals surface area contributed by atoms with E-state index in [4.69, 9.17) is 10.9 Å². The zero-order valence-corrected chi connectivity index (χ0v) is 18.6. The van der Waals surface area contributed by atoms with Gasteiger partial charge in [0.25, 0.3) is 11.8 Å². The Hall–Kier alpha value is -4.15. The van der Waals surface area contributed by atoms with Gasteiger partial charge in [-0.05, 0) is 74.2 Å². The molecule has 0 unspecified atom stereocenters. The lowest BCUT2D eigenvalue weighted by molar-refractivity contribution is -0.133. The number of amides is 3. The summed E-state index contributed by atoms with van der Waals surface area (Å²) in [7, 11) is 0. The lowest BCUT2D eigenvalue weighted by Crippen LogP contribution is -2.51. The van der Waals surface area contributed by atoms with Crippen LogP contribution in [0.4, 0.5) is 5.69 Å².